The van der Waals surface area contributed by atoms with Gasteiger partial charge in [-0.25, -0.2) is 0 Å². The summed E-state index contributed by atoms with van der Waals surface area (Å²) < 4.78 is 0.762. The Bertz CT molecular complexity index is 327. The Labute approximate surface area is 100 Å². The summed E-state index contributed by atoms with van der Waals surface area (Å²) in [5, 5.41) is 9.37. The molecule has 0 aliphatic heterocycles. The zero-order chi connectivity index (χ0) is 11.4. The Balaban J connectivity index is 2.68. The molecule has 1 rings (SSSR count). The van der Waals surface area contributed by atoms with Gasteiger partial charge in [0.15, 0.2) is 0 Å². The second-order valence-electron chi connectivity index (χ2n) is 3.96. The van der Waals surface area contributed by atoms with E-state index in [0.717, 1.165) is 17.4 Å². The number of halogens is 1. The minimum absolute atomic E-state index is 0.296. The van der Waals surface area contributed by atoms with Crippen LogP contribution in [-0.2, 0) is 6.54 Å². The average molecular weight is 272 g/mol. The molecule has 0 aromatic heterocycles. The lowest BCUT2D eigenvalue weighted by atomic mass is 10.1. The monoisotopic (exact) mass is 271 g/mol. The highest BCUT2D eigenvalue weighted by Crippen LogP contribution is 2.24. The summed E-state index contributed by atoms with van der Waals surface area (Å²) in [5.74, 6) is 0.296. The summed E-state index contributed by atoms with van der Waals surface area (Å²) in [7, 11) is 2.12. The highest BCUT2D eigenvalue weighted by Gasteiger charge is 2.08. The molecule has 1 aromatic rings. The van der Waals surface area contributed by atoms with Gasteiger partial charge in [-0.3, -0.25) is 4.90 Å². The van der Waals surface area contributed by atoms with Crippen molar-refractivity contribution in [3.63, 3.8) is 0 Å². The molecule has 1 aromatic carbocycles. The van der Waals surface area contributed by atoms with Gasteiger partial charge in [-0.05, 0) is 54.0 Å². The molecule has 0 saturated heterocycles. The zero-order valence-corrected chi connectivity index (χ0v) is 11.1. The third-order valence-corrected chi connectivity index (χ3v) is 3.42. The fraction of sp³-hybridized carbons (Fsp3) is 0.500. The van der Waals surface area contributed by atoms with Gasteiger partial charge in [0.05, 0.1) is 4.47 Å². The average Bonchev–Trinajstić information content (AvgIpc) is 2.22. The fourth-order valence-electron chi connectivity index (χ4n) is 1.40. The van der Waals surface area contributed by atoms with Crippen molar-refractivity contribution in [2.45, 2.75) is 32.9 Å². The van der Waals surface area contributed by atoms with E-state index in [1.54, 1.807) is 6.07 Å². The van der Waals surface area contributed by atoms with Crippen molar-refractivity contribution in [3.8, 4) is 5.75 Å². The van der Waals surface area contributed by atoms with Crippen molar-refractivity contribution in [1.82, 2.24) is 4.90 Å². The molecule has 2 nitrogen and oxygen atoms in total. The normalized spacial score (nSPS) is 13.1. The molecule has 1 atom stereocenters. The van der Waals surface area contributed by atoms with Crippen LogP contribution in [0.25, 0.3) is 0 Å². The van der Waals surface area contributed by atoms with Crippen molar-refractivity contribution in [2.75, 3.05) is 7.05 Å². The van der Waals surface area contributed by atoms with Gasteiger partial charge in [0.25, 0.3) is 0 Å². The molecule has 0 bridgehead atoms. The minimum atomic E-state index is 0.296. The molecule has 1 N–H and O–H groups in total. The molecule has 84 valence electrons. The first kappa shape index (κ1) is 12.5. The summed E-state index contributed by atoms with van der Waals surface area (Å²) in [4.78, 5) is 2.30. The van der Waals surface area contributed by atoms with E-state index in [0.29, 0.717) is 11.8 Å². The van der Waals surface area contributed by atoms with Crippen LogP contribution in [0.1, 0.15) is 25.8 Å². The summed E-state index contributed by atoms with van der Waals surface area (Å²) >= 11 is 3.32. The van der Waals surface area contributed by atoms with Crippen molar-refractivity contribution in [1.29, 1.82) is 0 Å². The van der Waals surface area contributed by atoms with E-state index in [9.17, 15) is 5.11 Å². The van der Waals surface area contributed by atoms with E-state index in [4.69, 9.17) is 0 Å². The van der Waals surface area contributed by atoms with Crippen LogP contribution in [0.3, 0.4) is 0 Å². The Morgan fingerprint density at radius 2 is 2.13 bits per heavy atom. The van der Waals surface area contributed by atoms with E-state index in [-0.39, 0.29) is 0 Å². The van der Waals surface area contributed by atoms with E-state index < -0.39 is 0 Å². The van der Waals surface area contributed by atoms with E-state index in [1.807, 2.05) is 12.1 Å². The largest absolute Gasteiger partial charge is 0.507 e. The van der Waals surface area contributed by atoms with Gasteiger partial charge in [0.1, 0.15) is 5.75 Å². The van der Waals surface area contributed by atoms with Gasteiger partial charge >= 0.3 is 0 Å². The third-order valence-electron chi connectivity index (χ3n) is 2.79. The van der Waals surface area contributed by atoms with Crippen LogP contribution in [0.15, 0.2) is 22.7 Å². The molecule has 1 unspecified atom stereocenters. The van der Waals surface area contributed by atoms with Crippen LogP contribution in [0, 0.1) is 0 Å². The van der Waals surface area contributed by atoms with Crippen molar-refractivity contribution < 1.29 is 5.11 Å². The molecule has 0 aliphatic carbocycles. The molecule has 0 aliphatic rings. The maximum Gasteiger partial charge on any atom is 0.129 e. The van der Waals surface area contributed by atoms with Crippen molar-refractivity contribution in [3.05, 3.63) is 28.2 Å². The number of aromatic hydroxyl groups is 1. The summed E-state index contributed by atoms with van der Waals surface area (Å²) in [5.41, 5.74) is 1.21. The van der Waals surface area contributed by atoms with Crippen LogP contribution in [0.5, 0.6) is 5.75 Å². The number of phenols is 1. The quantitative estimate of drug-likeness (QED) is 0.908. The number of hydrogen-bond donors (Lipinski definition) is 1. The van der Waals surface area contributed by atoms with Gasteiger partial charge in [-0.2, -0.15) is 0 Å². The predicted molar refractivity (Wildman–Crippen MR) is 67.0 cm³/mol. The first-order valence-corrected chi connectivity index (χ1v) is 6.01. The van der Waals surface area contributed by atoms with Gasteiger partial charge in [0.2, 0.25) is 0 Å². The topological polar surface area (TPSA) is 23.5 Å². The standard InChI is InChI=1S/C12H18BrNO/c1-4-9(2)14(3)8-10-5-6-12(15)11(13)7-10/h5-7,9,15H,4,8H2,1-3H3. The highest BCUT2D eigenvalue weighted by molar-refractivity contribution is 9.10. The van der Waals surface area contributed by atoms with E-state index in [1.165, 1.54) is 5.56 Å². The fourth-order valence-corrected chi connectivity index (χ4v) is 1.83. The van der Waals surface area contributed by atoms with Crippen molar-refractivity contribution >= 4 is 15.9 Å². The van der Waals surface area contributed by atoms with Crippen LogP contribution >= 0.6 is 15.9 Å². The number of benzene rings is 1. The lowest BCUT2D eigenvalue weighted by Gasteiger charge is -2.23. The lowest BCUT2D eigenvalue weighted by molar-refractivity contribution is 0.244. The first-order valence-electron chi connectivity index (χ1n) is 5.22. The van der Waals surface area contributed by atoms with Gasteiger partial charge in [-0.1, -0.05) is 13.0 Å². The molecule has 0 spiro atoms. The molecular weight excluding hydrogens is 254 g/mol. The third kappa shape index (κ3) is 3.50. The van der Waals surface area contributed by atoms with Crippen LogP contribution in [0.4, 0.5) is 0 Å². The van der Waals surface area contributed by atoms with Crippen molar-refractivity contribution in [2.24, 2.45) is 0 Å². The lowest BCUT2D eigenvalue weighted by Crippen LogP contribution is -2.27. The van der Waals surface area contributed by atoms with Crippen LogP contribution < -0.4 is 0 Å². The molecule has 3 heteroatoms. The Morgan fingerprint density at radius 1 is 1.47 bits per heavy atom. The smallest absolute Gasteiger partial charge is 0.129 e. The second-order valence-corrected chi connectivity index (χ2v) is 4.81. The van der Waals surface area contributed by atoms with Gasteiger partial charge in [0, 0.05) is 12.6 Å². The molecule has 0 radical (unpaired) electrons. The molecule has 0 saturated carbocycles. The maximum atomic E-state index is 9.37. The number of nitrogens with zero attached hydrogens (tertiary/aromatic N) is 1. The molecule has 0 heterocycles. The summed E-state index contributed by atoms with van der Waals surface area (Å²) in [6.45, 7) is 5.32. The maximum absolute atomic E-state index is 9.37. The van der Waals surface area contributed by atoms with Gasteiger partial charge in [-0.15, -0.1) is 0 Å². The van der Waals surface area contributed by atoms with E-state index in [2.05, 4.69) is 41.7 Å². The molecule has 15 heavy (non-hydrogen) atoms. The predicted octanol–water partition coefficient (Wildman–Crippen LogP) is 3.39. The molecular formula is C12H18BrNO. The van der Waals surface area contributed by atoms with E-state index >= 15 is 0 Å². The Hall–Kier alpha value is -0.540. The van der Waals surface area contributed by atoms with Crippen LogP contribution in [0.2, 0.25) is 0 Å². The SMILES string of the molecule is CCC(C)N(C)Cc1ccc(O)c(Br)c1. The number of hydrogen-bond acceptors (Lipinski definition) is 2. The second kappa shape index (κ2) is 5.52. The number of rotatable bonds is 4. The molecule has 0 amide bonds. The highest BCUT2D eigenvalue weighted by atomic mass is 79.9. The summed E-state index contributed by atoms with van der Waals surface area (Å²) in [6.07, 6.45) is 1.15. The summed E-state index contributed by atoms with van der Waals surface area (Å²) in [6, 6.07) is 6.23. The van der Waals surface area contributed by atoms with Crippen LogP contribution in [-0.4, -0.2) is 23.1 Å². The Morgan fingerprint density at radius 3 is 2.67 bits per heavy atom. The molecule has 0 fully saturated rings. The first-order chi connectivity index (χ1) is 7.04. The zero-order valence-electron chi connectivity index (χ0n) is 9.50. The van der Waals surface area contributed by atoms with Gasteiger partial charge < -0.3 is 5.11 Å². The Kier molecular flexibility index (Phi) is 4.61. The minimum Gasteiger partial charge on any atom is -0.507 e. The number of phenolic OH excluding ortho intramolecular Hbond substituents is 1.